The van der Waals surface area contributed by atoms with Gasteiger partial charge in [0.25, 0.3) is 5.91 Å². The number of carbonyl (C=O) groups excluding carboxylic acids is 1. The SMILES string of the molecule is CC[C@H](Oc1cccc(OC)c1)C(=O)N[C@@H](CC)c1ccc(C)c(C)c1. The maximum atomic E-state index is 12.8. The van der Waals surface area contributed by atoms with Crippen molar-refractivity contribution in [3.8, 4) is 11.5 Å². The summed E-state index contributed by atoms with van der Waals surface area (Å²) in [5, 5.41) is 3.13. The third kappa shape index (κ3) is 5.01. The lowest BCUT2D eigenvalue weighted by Crippen LogP contribution is -2.40. The number of benzene rings is 2. The van der Waals surface area contributed by atoms with Gasteiger partial charge in [0.05, 0.1) is 13.2 Å². The van der Waals surface area contributed by atoms with Gasteiger partial charge in [0.1, 0.15) is 11.5 Å². The van der Waals surface area contributed by atoms with Gasteiger partial charge in [0.2, 0.25) is 0 Å². The van der Waals surface area contributed by atoms with E-state index in [2.05, 4.69) is 44.3 Å². The highest BCUT2D eigenvalue weighted by Crippen LogP contribution is 2.23. The molecule has 140 valence electrons. The van der Waals surface area contributed by atoms with Crippen molar-refractivity contribution in [2.24, 2.45) is 0 Å². The molecule has 0 aromatic heterocycles. The Labute approximate surface area is 156 Å². The van der Waals surface area contributed by atoms with Gasteiger partial charge in [-0.1, -0.05) is 38.1 Å². The van der Waals surface area contributed by atoms with Crippen LogP contribution in [0.2, 0.25) is 0 Å². The summed E-state index contributed by atoms with van der Waals surface area (Å²) < 4.78 is 11.1. The summed E-state index contributed by atoms with van der Waals surface area (Å²) in [5.74, 6) is 1.24. The van der Waals surface area contributed by atoms with Crippen molar-refractivity contribution < 1.29 is 14.3 Å². The lowest BCUT2D eigenvalue weighted by molar-refractivity contribution is -0.129. The Morgan fingerprint density at radius 2 is 1.73 bits per heavy atom. The van der Waals surface area contributed by atoms with E-state index in [9.17, 15) is 4.79 Å². The Hall–Kier alpha value is -2.49. The molecule has 0 spiro atoms. The first-order chi connectivity index (χ1) is 12.5. The van der Waals surface area contributed by atoms with Gasteiger partial charge in [-0.05, 0) is 55.5 Å². The van der Waals surface area contributed by atoms with E-state index >= 15 is 0 Å². The average molecular weight is 355 g/mol. The number of nitrogens with one attached hydrogen (secondary N) is 1. The van der Waals surface area contributed by atoms with Crippen molar-refractivity contribution in [3.63, 3.8) is 0 Å². The van der Waals surface area contributed by atoms with Crippen LogP contribution < -0.4 is 14.8 Å². The number of methoxy groups -OCH3 is 1. The number of hydrogen-bond acceptors (Lipinski definition) is 3. The molecular weight excluding hydrogens is 326 g/mol. The fourth-order valence-corrected chi connectivity index (χ4v) is 2.83. The molecule has 2 atom stereocenters. The van der Waals surface area contributed by atoms with E-state index in [1.54, 1.807) is 13.2 Å². The molecule has 0 bridgehead atoms. The second-order valence-corrected chi connectivity index (χ2v) is 6.51. The average Bonchev–Trinajstić information content (AvgIpc) is 2.66. The Bertz CT molecular complexity index is 742. The molecule has 0 saturated heterocycles. The number of aryl methyl sites for hydroxylation is 2. The van der Waals surface area contributed by atoms with Crippen LogP contribution in [-0.4, -0.2) is 19.1 Å². The number of amides is 1. The molecule has 0 unspecified atom stereocenters. The van der Waals surface area contributed by atoms with Gasteiger partial charge in [-0.15, -0.1) is 0 Å². The molecule has 0 saturated carbocycles. The molecule has 0 aliphatic rings. The number of carbonyl (C=O) groups is 1. The summed E-state index contributed by atoms with van der Waals surface area (Å²) in [7, 11) is 1.61. The van der Waals surface area contributed by atoms with Crippen LogP contribution in [-0.2, 0) is 4.79 Å². The molecule has 0 radical (unpaired) electrons. The number of rotatable bonds is 8. The second-order valence-electron chi connectivity index (χ2n) is 6.51. The van der Waals surface area contributed by atoms with Crippen LogP contribution in [0, 0.1) is 13.8 Å². The van der Waals surface area contributed by atoms with Crippen LogP contribution in [0.15, 0.2) is 42.5 Å². The topological polar surface area (TPSA) is 47.6 Å². The summed E-state index contributed by atoms with van der Waals surface area (Å²) >= 11 is 0. The van der Waals surface area contributed by atoms with Gasteiger partial charge >= 0.3 is 0 Å². The van der Waals surface area contributed by atoms with Gasteiger partial charge < -0.3 is 14.8 Å². The van der Waals surface area contributed by atoms with Crippen LogP contribution in [0.3, 0.4) is 0 Å². The van der Waals surface area contributed by atoms with Crippen molar-refractivity contribution in [1.82, 2.24) is 5.32 Å². The van der Waals surface area contributed by atoms with Crippen LogP contribution in [0.4, 0.5) is 0 Å². The third-order valence-electron chi connectivity index (χ3n) is 4.64. The van der Waals surface area contributed by atoms with E-state index in [1.807, 2.05) is 25.1 Å². The van der Waals surface area contributed by atoms with Crippen molar-refractivity contribution in [3.05, 3.63) is 59.2 Å². The van der Waals surface area contributed by atoms with Gasteiger partial charge in [-0.2, -0.15) is 0 Å². The Balaban J connectivity index is 2.09. The minimum absolute atomic E-state index is 0.0234. The van der Waals surface area contributed by atoms with Crippen LogP contribution >= 0.6 is 0 Å². The lowest BCUT2D eigenvalue weighted by Gasteiger charge is -2.23. The lowest BCUT2D eigenvalue weighted by atomic mass is 9.99. The molecule has 2 rings (SSSR count). The van der Waals surface area contributed by atoms with Gasteiger partial charge in [-0.3, -0.25) is 4.79 Å². The number of hydrogen-bond donors (Lipinski definition) is 1. The summed E-state index contributed by atoms with van der Waals surface area (Å²) in [6, 6.07) is 13.6. The standard InChI is InChI=1S/C22H29NO3/c1-6-20(17-12-11-15(3)16(4)13-17)23-22(24)21(7-2)26-19-10-8-9-18(14-19)25-5/h8-14,20-21H,6-7H2,1-5H3,(H,23,24)/t20-,21-/m0/s1. The molecule has 1 N–H and O–H groups in total. The minimum atomic E-state index is -0.539. The Kier molecular flexibility index (Phi) is 7.07. The molecule has 1 amide bonds. The molecule has 2 aromatic rings. The van der Waals surface area contributed by atoms with Crippen molar-refractivity contribution in [1.29, 1.82) is 0 Å². The third-order valence-corrected chi connectivity index (χ3v) is 4.64. The van der Waals surface area contributed by atoms with Crippen molar-refractivity contribution in [2.75, 3.05) is 7.11 Å². The van der Waals surface area contributed by atoms with Gasteiger partial charge in [0, 0.05) is 6.07 Å². The molecule has 0 aliphatic carbocycles. The van der Waals surface area contributed by atoms with E-state index in [0.717, 1.165) is 12.0 Å². The van der Waals surface area contributed by atoms with E-state index < -0.39 is 6.10 Å². The van der Waals surface area contributed by atoms with E-state index in [4.69, 9.17) is 9.47 Å². The maximum Gasteiger partial charge on any atom is 0.261 e. The zero-order chi connectivity index (χ0) is 19.1. The summed E-state index contributed by atoms with van der Waals surface area (Å²) in [5.41, 5.74) is 3.61. The largest absolute Gasteiger partial charge is 0.497 e. The predicted octanol–water partition coefficient (Wildman–Crippen LogP) is 4.74. The van der Waals surface area contributed by atoms with Gasteiger partial charge in [-0.25, -0.2) is 0 Å². The quantitative estimate of drug-likeness (QED) is 0.744. The van der Waals surface area contributed by atoms with Crippen molar-refractivity contribution >= 4 is 5.91 Å². The van der Waals surface area contributed by atoms with Crippen LogP contribution in [0.25, 0.3) is 0 Å². The van der Waals surface area contributed by atoms with Gasteiger partial charge in [0.15, 0.2) is 6.10 Å². The van der Waals surface area contributed by atoms with Crippen LogP contribution in [0.1, 0.15) is 49.4 Å². The Morgan fingerprint density at radius 1 is 1.00 bits per heavy atom. The summed E-state index contributed by atoms with van der Waals surface area (Å²) in [4.78, 5) is 12.8. The summed E-state index contributed by atoms with van der Waals surface area (Å²) in [6.45, 7) is 8.20. The second kappa shape index (κ2) is 9.27. The smallest absolute Gasteiger partial charge is 0.261 e. The zero-order valence-corrected chi connectivity index (χ0v) is 16.3. The minimum Gasteiger partial charge on any atom is -0.497 e. The van der Waals surface area contributed by atoms with Crippen molar-refractivity contribution in [2.45, 2.75) is 52.7 Å². The summed E-state index contributed by atoms with van der Waals surface area (Å²) in [6.07, 6.45) is 0.874. The Morgan fingerprint density at radius 3 is 2.35 bits per heavy atom. The molecule has 0 heterocycles. The van der Waals surface area contributed by atoms with E-state index in [-0.39, 0.29) is 11.9 Å². The molecule has 2 aromatic carbocycles. The molecular formula is C22H29NO3. The van der Waals surface area contributed by atoms with E-state index in [0.29, 0.717) is 17.9 Å². The monoisotopic (exact) mass is 355 g/mol. The highest BCUT2D eigenvalue weighted by atomic mass is 16.5. The normalized spacial score (nSPS) is 13.0. The van der Waals surface area contributed by atoms with Crippen LogP contribution in [0.5, 0.6) is 11.5 Å². The first-order valence-electron chi connectivity index (χ1n) is 9.16. The molecule has 0 fully saturated rings. The molecule has 0 aliphatic heterocycles. The highest BCUT2D eigenvalue weighted by molar-refractivity contribution is 5.81. The first kappa shape index (κ1) is 19.8. The molecule has 4 heteroatoms. The fourth-order valence-electron chi connectivity index (χ4n) is 2.83. The molecule has 4 nitrogen and oxygen atoms in total. The predicted molar refractivity (Wildman–Crippen MR) is 105 cm³/mol. The first-order valence-corrected chi connectivity index (χ1v) is 9.16. The highest BCUT2D eigenvalue weighted by Gasteiger charge is 2.22. The number of ether oxygens (including phenoxy) is 2. The molecule has 26 heavy (non-hydrogen) atoms. The zero-order valence-electron chi connectivity index (χ0n) is 16.3. The maximum absolute atomic E-state index is 12.8. The fraction of sp³-hybridized carbons (Fsp3) is 0.409. The van der Waals surface area contributed by atoms with E-state index in [1.165, 1.54) is 11.1 Å².